The van der Waals surface area contributed by atoms with E-state index in [2.05, 4.69) is 35.9 Å². The number of nitrogens with one attached hydrogen (secondary N) is 1. The van der Waals surface area contributed by atoms with Crippen LogP contribution in [0.25, 0.3) is 0 Å². The molecular formula is C16H33IN4O. The average Bonchev–Trinajstić information content (AvgIpc) is 2.97. The molecule has 2 aliphatic heterocycles. The number of piperazine rings is 1. The molecule has 2 aliphatic rings. The molecule has 0 saturated carbocycles. The lowest BCUT2D eigenvalue weighted by atomic mass is 10.1. The Morgan fingerprint density at radius 2 is 2.00 bits per heavy atom. The van der Waals surface area contributed by atoms with Crippen molar-refractivity contribution in [1.29, 1.82) is 0 Å². The molecule has 0 spiro atoms. The van der Waals surface area contributed by atoms with Crippen LogP contribution in [0.3, 0.4) is 0 Å². The second kappa shape index (κ2) is 10.6. The summed E-state index contributed by atoms with van der Waals surface area (Å²) in [5.41, 5.74) is 0. The van der Waals surface area contributed by atoms with Crippen LogP contribution >= 0.6 is 24.0 Å². The molecule has 22 heavy (non-hydrogen) atoms. The number of hydrogen-bond donors (Lipinski definition) is 1. The quantitative estimate of drug-likeness (QED) is 0.416. The van der Waals surface area contributed by atoms with E-state index in [0.29, 0.717) is 5.92 Å². The largest absolute Gasteiger partial charge is 0.381 e. The Bertz CT molecular complexity index is 324. The summed E-state index contributed by atoms with van der Waals surface area (Å²) in [6.45, 7) is 16.0. The molecule has 0 radical (unpaired) electrons. The predicted molar refractivity (Wildman–Crippen MR) is 103 cm³/mol. The first-order chi connectivity index (χ1) is 10.2. The van der Waals surface area contributed by atoms with Crippen LogP contribution in [0.4, 0.5) is 0 Å². The molecule has 2 fully saturated rings. The van der Waals surface area contributed by atoms with Crippen LogP contribution in [-0.4, -0.2) is 74.8 Å². The minimum Gasteiger partial charge on any atom is -0.381 e. The Hall–Kier alpha value is -0.0800. The van der Waals surface area contributed by atoms with E-state index >= 15 is 0 Å². The average molecular weight is 424 g/mol. The van der Waals surface area contributed by atoms with Gasteiger partial charge in [0.05, 0.1) is 6.61 Å². The Kier molecular flexibility index (Phi) is 9.66. The van der Waals surface area contributed by atoms with Crippen LogP contribution in [0.1, 0.15) is 27.2 Å². The van der Waals surface area contributed by atoms with Gasteiger partial charge in [-0.25, -0.2) is 0 Å². The molecular weight excluding hydrogens is 391 g/mol. The first kappa shape index (κ1) is 20.0. The second-order valence-corrected chi connectivity index (χ2v) is 6.61. The van der Waals surface area contributed by atoms with E-state index in [0.717, 1.165) is 64.4 Å². The van der Waals surface area contributed by atoms with Crippen LogP contribution in [0.2, 0.25) is 0 Å². The Balaban J connectivity index is 0.00000242. The van der Waals surface area contributed by atoms with Crippen molar-refractivity contribution in [2.45, 2.75) is 27.2 Å². The van der Waals surface area contributed by atoms with Crippen molar-refractivity contribution in [3.8, 4) is 0 Å². The molecule has 0 aliphatic carbocycles. The van der Waals surface area contributed by atoms with Gasteiger partial charge in [-0.05, 0) is 25.2 Å². The molecule has 0 aromatic heterocycles. The van der Waals surface area contributed by atoms with E-state index in [1.807, 2.05) is 0 Å². The molecule has 2 rings (SSSR count). The second-order valence-electron chi connectivity index (χ2n) is 6.61. The van der Waals surface area contributed by atoms with Crippen molar-refractivity contribution >= 4 is 29.9 Å². The van der Waals surface area contributed by atoms with Crippen molar-refractivity contribution in [3.05, 3.63) is 0 Å². The van der Waals surface area contributed by atoms with Gasteiger partial charge in [0, 0.05) is 52.4 Å². The lowest BCUT2D eigenvalue weighted by Crippen LogP contribution is -2.53. The van der Waals surface area contributed by atoms with Gasteiger partial charge in [0.2, 0.25) is 0 Å². The fourth-order valence-electron chi connectivity index (χ4n) is 2.93. The van der Waals surface area contributed by atoms with Gasteiger partial charge < -0.3 is 15.0 Å². The van der Waals surface area contributed by atoms with Crippen molar-refractivity contribution in [2.75, 3.05) is 59.0 Å². The molecule has 0 aromatic carbocycles. The SMILES string of the molecule is CCNC(=NCC(C)C)N1CCN(CC2CCOC2)CC1.I. The lowest BCUT2D eigenvalue weighted by molar-refractivity contribution is 0.139. The van der Waals surface area contributed by atoms with E-state index in [4.69, 9.17) is 9.73 Å². The number of rotatable bonds is 5. The monoisotopic (exact) mass is 424 g/mol. The number of ether oxygens (including phenoxy) is 1. The standard InChI is InChI=1S/C16H32N4O.HI/c1-4-17-16(18-11-14(2)3)20-8-6-19(7-9-20)12-15-5-10-21-13-15;/h14-15H,4-13H2,1-3H3,(H,17,18);1H. The van der Waals surface area contributed by atoms with E-state index in [1.54, 1.807) is 0 Å². The van der Waals surface area contributed by atoms with Gasteiger partial charge >= 0.3 is 0 Å². The van der Waals surface area contributed by atoms with E-state index in [-0.39, 0.29) is 24.0 Å². The lowest BCUT2D eigenvalue weighted by Gasteiger charge is -2.37. The third-order valence-electron chi connectivity index (χ3n) is 4.15. The summed E-state index contributed by atoms with van der Waals surface area (Å²) in [4.78, 5) is 9.75. The van der Waals surface area contributed by atoms with E-state index < -0.39 is 0 Å². The molecule has 2 saturated heterocycles. The molecule has 6 heteroatoms. The van der Waals surface area contributed by atoms with Crippen molar-refractivity contribution in [3.63, 3.8) is 0 Å². The number of halogens is 1. The summed E-state index contributed by atoms with van der Waals surface area (Å²) >= 11 is 0. The summed E-state index contributed by atoms with van der Waals surface area (Å²) in [6, 6.07) is 0. The highest BCUT2D eigenvalue weighted by Gasteiger charge is 2.23. The zero-order valence-corrected chi connectivity index (χ0v) is 16.7. The Labute approximate surface area is 152 Å². The molecule has 0 amide bonds. The third kappa shape index (κ3) is 6.58. The summed E-state index contributed by atoms with van der Waals surface area (Å²) in [5, 5.41) is 3.43. The minimum absolute atomic E-state index is 0. The van der Waals surface area contributed by atoms with E-state index in [1.165, 1.54) is 13.0 Å². The topological polar surface area (TPSA) is 40.1 Å². The number of guanidine groups is 1. The zero-order valence-electron chi connectivity index (χ0n) is 14.4. The maximum absolute atomic E-state index is 5.48. The number of hydrogen-bond acceptors (Lipinski definition) is 3. The summed E-state index contributed by atoms with van der Waals surface area (Å²) in [7, 11) is 0. The molecule has 0 aromatic rings. The van der Waals surface area contributed by atoms with Gasteiger partial charge in [-0.2, -0.15) is 0 Å². The highest BCUT2D eigenvalue weighted by Crippen LogP contribution is 2.15. The highest BCUT2D eigenvalue weighted by molar-refractivity contribution is 14.0. The third-order valence-corrected chi connectivity index (χ3v) is 4.15. The molecule has 1 atom stereocenters. The number of aliphatic imine (C=N–C) groups is 1. The van der Waals surface area contributed by atoms with Crippen molar-refractivity contribution in [2.24, 2.45) is 16.8 Å². The normalized spacial score (nSPS) is 23.7. The maximum Gasteiger partial charge on any atom is 0.194 e. The number of nitrogens with zero attached hydrogens (tertiary/aromatic N) is 3. The molecule has 1 N–H and O–H groups in total. The summed E-state index contributed by atoms with van der Waals surface area (Å²) < 4.78 is 5.48. The van der Waals surface area contributed by atoms with Crippen LogP contribution in [0.5, 0.6) is 0 Å². The smallest absolute Gasteiger partial charge is 0.194 e. The Morgan fingerprint density at radius 1 is 1.27 bits per heavy atom. The summed E-state index contributed by atoms with van der Waals surface area (Å²) in [6.07, 6.45) is 1.23. The van der Waals surface area contributed by atoms with Gasteiger partial charge in [-0.3, -0.25) is 9.89 Å². The fourth-order valence-corrected chi connectivity index (χ4v) is 2.93. The van der Waals surface area contributed by atoms with Gasteiger partial charge in [-0.15, -0.1) is 24.0 Å². The molecule has 1 unspecified atom stereocenters. The van der Waals surface area contributed by atoms with Gasteiger partial charge in [0.1, 0.15) is 0 Å². The fraction of sp³-hybridized carbons (Fsp3) is 0.938. The van der Waals surface area contributed by atoms with Crippen molar-refractivity contribution in [1.82, 2.24) is 15.1 Å². The van der Waals surface area contributed by atoms with Crippen LogP contribution in [0.15, 0.2) is 4.99 Å². The van der Waals surface area contributed by atoms with Gasteiger partial charge in [0.15, 0.2) is 5.96 Å². The molecule has 0 bridgehead atoms. The van der Waals surface area contributed by atoms with Crippen LogP contribution in [0, 0.1) is 11.8 Å². The first-order valence-corrected chi connectivity index (χ1v) is 8.52. The van der Waals surface area contributed by atoms with Crippen LogP contribution < -0.4 is 5.32 Å². The Morgan fingerprint density at radius 3 is 2.55 bits per heavy atom. The zero-order chi connectivity index (χ0) is 15.1. The molecule has 5 nitrogen and oxygen atoms in total. The molecule has 130 valence electrons. The summed E-state index contributed by atoms with van der Waals surface area (Å²) in [5.74, 6) is 2.46. The molecule has 2 heterocycles. The predicted octanol–water partition coefficient (Wildman–Crippen LogP) is 1.88. The first-order valence-electron chi connectivity index (χ1n) is 8.52. The van der Waals surface area contributed by atoms with Gasteiger partial charge in [-0.1, -0.05) is 13.8 Å². The minimum atomic E-state index is 0. The van der Waals surface area contributed by atoms with E-state index in [9.17, 15) is 0 Å². The highest BCUT2D eigenvalue weighted by atomic mass is 127. The van der Waals surface area contributed by atoms with Crippen LogP contribution in [-0.2, 0) is 4.74 Å². The maximum atomic E-state index is 5.48. The van der Waals surface area contributed by atoms with Crippen molar-refractivity contribution < 1.29 is 4.74 Å². The van der Waals surface area contributed by atoms with Gasteiger partial charge in [0.25, 0.3) is 0 Å².